The van der Waals surface area contributed by atoms with Gasteiger partial charge >= 0.3 is 0 Å². The monoisotopic (exact) mass is 610 g/mol. The number of nitrogens with zero attached hydrogens (tertiary/aromatic N) is 4. The first-order valence-electron chi connectivity index (χ1n) is 14.4. The normalized spacial score (nSPS) is 17.9. The number of likely N-dealkylation sites (tertiary alicyclic amines) is 1. The number of fused-ring (bicyclic) bond motifs is 1. The van der Waals surface area contributed by atoms with Crippen LogP contribution in [0, 0.1) is 0 Å². The van der Waals surface area contributed by atoms with Crippen molar-refractivity contribution >= 4 is 34.8 Å². The number of amides is 2. The smallest absolute Gasteiger partial charge is 0.273 e. The number of hydrogen-bond acceptors (Lipinski definition) is 8. The molecule has 3 aliphatic heterocycles. The second kappa shape index (κ2) is 12.1. The van der Waals surface area contributed by atoms with E-state index in [9.17, 15) is 9.59 Å². The van der Waals surface area contributed by atoms with Crippen LogP contribution in [0.2, 0.25) is 5.02 Å². The third-order valence-electron chi connectivity index (χ3n) is 8.09. The molecule has 3 aliphatic rings. The largest absolute Gasteiger partial charge is 0.476 e. The van der Waals surface area contributed by atoms with Crippen molar-refractivity contribution in [1.29, 1.82) is 0 Å². The van der Waals surface area contributed by atoms with E-state index < -0.39 is 5.60 Å². The second-order valence-electron chi connectivity index (χ2n) is 11.4. The first kappa shape index (κ1) is 28.8. The fourth-order valence-corrected chi connectivity index (χ4v) is 6.84. The van der Waals surface area contributed by atoms with Gasteiger partial charge in [-0.25, -0.2) is 4.98 Å². The number of carbonyl (C=O) groups is 2. The molecule has 0 spiro atoms. The van der Waals surface area contributed by atoms with Gasteiger partial charge in [0.15, 0.2) is 17.1 Å². The molecule has 0 aliphatic carbocycles. The third-order valence-corrected chi connectivity index (χ3v) is 9.41. The van der Waals surface area contributed by atoms with E-state index in [4.69, 9.17) is 30.8 Å². The summed E-state index contributed by atoms with van der Waals surface area (Å²) in [7, 11) is 0. The van der Waals surface area contributed by atoms with E-state index in [1.807, 2.05) is 39.4 Å². The predicted octanol–water partition coefficient (Wildman–Crippen LogP) is 5.05. The maximum Gasteiger partial charge on any atom is 0.273 e. The number of carbonyl (C=O) groups excluding carboxylic acids is 2. The lowest BCUT2D eigenvalue weighted by Gasteiger charge is -2.36. The molecule has 0 N–H and O–H groups in total. The Morgan fingerprint density at radius 3 is 2.50 bits per heavy atom. The summed E-state index contributed by atoms with van der Waals surface area (Å²) in [6, 6.07) is 13.2. The van der Waals surface area contributed by atoms with Crippen LogP contribution in [0.25, 0.3) is 0 Å². The minimum Gasteiger partial charge on any atom is -0.476 e. The molecule has 6 rings (SSSR count). The molecule has 2 aromatic carbocycles. The predicted molar refractivity (Wildman–Crippen MR) is 161 cm³/mol. The lowest BCUT2D eigenvalue weighted by atomic mass is 9.96. The maximum atomic E-state index is 13.3. The number of rotatable bonds is 7. The Morgan fingerprint density at radius 2 is 1.74 bits per heavy atom. The van der Waals surface area contributed by atoms with Crippen molar-refractivity contribution in [1.82, 2.24) is 19.7 Å². The highest BCUT2D eigenvalue weighted by atomic mass is 35.5. The molecule has 11 heteroatoms. The Hall–Kier alpha value is -3.34. The molecule has 2 saturated heterocycles. The number of piperazine rings is 1. The summed E-state index contributed by atoms with van der Waals surface area (Å²) in [4.78, 5) is 37.4. The van der Waals surface area contributed by atoms with Gasteiger partial charge in [-0.05, 0) is 56.5 Å². The van der Waals surface area contributed by atoms with Crippen LogP contribution in [-0.4, -0.2) is 83.2 Å². The van der Waals surface area contributed by atoms with Crippen LogP contribution < -0.4 is 14.2 Å². The van der Waals surface area contributed by atoms with Crippen LogP contribution in [0.15, 0.2) is 47.8 Å². The highest BCUT2D eigenvalue weighted by molar-refractivity contribution is 7.09. The van der Waals surface area contributed by atoms with Gasteiger partial charge in [0, 0.05) is 57.1 Å². The molecule has 0 saturated carbocycles. The number of piperidine rings is 1. The van der Waals surface area contributed by atoms with Crippen LogP contribution in [-0.2, 0) is 11.3 Å². The van der Waals surface area contributed by atoms with Gasteiger partial charge in [-0.15, -0.1) is 11.3 Å². The van der Waals surface area contributed by atoms with Gasteiger partial charge in [0.1, 0.15) is 11.4 Å². The van der Waals surface area contributed by atoms with E-state index in [1.54, 1.807) is 37.3 Å². The standard InChI is InChI=1S/C31H35ClN4O5S/c1-31(2,41-25-6-4-3-5-23(25)32)30(38)36-11-9-22(10-12-36)28-33-24(19-42-28)29(37)35-15-13-34(14-16-35)18-21-7-8-26-27(17-21)40-20-39-26/h3-8,17,19,22H,9-16,18,20H2,1-2H3. The SMILES string of the molecule is CC(C)(Oc1ccccc1Cl)C(=O)N1CCC(c2nc(C(=O)N3CCN(Cc4ccc5c(c4)OCO5)CC3)cs2)CC1. The van der Waals surface area contributed by atoms with Crippen LogP contribution in [0.3, 0.4) is 0 Å². The van der Waals surface area contributed by atoms with Gasteiger partial charge in [0.05, 0.1) is 10.0 Å². The fourth-order valence-electron chi connectivity index (χ4n) is 5.70. The lowest BCUT2D eigenvalue weighted by Crippen LogP contribution is -2.51. The van der Waals surface area contributed by atoms with Crippen LogP contribution in [0.5, 0.6) is 17.2 Å². The van der Waals surface area contributed by atoms with Gasteiger partial charge in [-0.3, -0.25) is 14.5 Å². The summed E-state index contributed by atoms with van der Waals surface area (Å²) in [5, 5.41) is 3.34. The zero-order valence-electron chi connectivity index (χ0n) is 23.9. The van der Waals surface area contributed by atoms with Gasteiger partial charge in [-0.1, -0.05) is 29.8 Å². The molecular weight excluding hydrogens is 576 g/mol. The highest BCUT2D eigenvalue weighted by Gasteiger charge is 2.37. The number of thiazole rings is 1. The van der Waals surface area contributed by atoms with E-state index in [-0.39, 0.29) is 24.5 Å². The van der Waals surface area contributed by atoms with Crippen LogP contribution in [0.1, 0.15) is 53.7 Å². The van der Waals surface area contributed by atoms with Crippen molar-refractivity contribution in [3.63, 3.8) is 0 Å². The molecule has 4 heterocycles. The van der Waals surface area contributed by atoms with E-state index in [0.717, 1.165) is 49.0 Å². The Morgan fingerprint density at radius 1 is 1.00 bits per heavy atom. The van der Waals surface area contributed by atoms with Crippen molar-refractivity contribution in [3.8, 4) is 17.2 Å². The highest BCUT2D eigenvalue weighted by Crippen LogP contribution is 2.34. The average molecular weight is 611 g/mol. The van der Waals surface area contributed by atoms with Gasteiger partial charge < -0.3 is 24.0 Å². The second-order valence-corrected chi connectivity index (χ2v) is 12.7. The Bertz CT molecular complexity index is 1450. The van der Waals surface area contributed by atoms with Crippen molar-refractivity contribution in [2.24, 2.45) is 0 Å². The summed E-state index contributed by atoms with van der Waals surface area (Å²) < 4.78 is 16.9. The van der Waals surface area contributed by atoms with Crippen LogP contribution >= 0.6 is 22.9 Å². The molecule has 42 heavy (non-hydrogen) atoms. The first-order valence-corrected chi connectivity index (χ1v) is 15.6. The van der Waals surface area contributed by atoms with E-state index in [2.05, 4.69) is 11.0 Å². The number of ether oxygens (including phenoxy) is 3. The summed E-state index contributed by atoms with van der Waals surface area (Å²) in [5.74, 6) is 2.24. The molecule has 2 amide bonds. The number of benzene rings is 2. The van der Waals surface area contributed by atoms with E-state index >= 15 is 0 Å². The first-order chi connectivity index (χ1) is 20.3. The van der Waals surface area contributed by atoms with E-state index in [1.165, 1.54) is 5.56 Å². The topological polar surface area (TPSA) is 84.4 Å². The maximum absolute atomic E-state index is 13.3. The molecule has 3 aromatic rings. The van der Waals surface area contributed by atoms with Crippen LogP contribution in [0.4, 0.5) is 0 Å². The van der Waals surface area contributed by atoms with Crippen molar-refractivity contribution in [2.75, 3.05) is 46.1 Å². The summed E-state index contributed by atoms with van der Waals surface area (Å²) in [6.07, 6.45) is 1.60. The average Bonchev–Trinajstić information content (AvgIpc) is 3.68. The molecule has 0 unspecified atom stereocenters. The summed E-state index contributed by atoms with van der Waals surface area (Å²) >= 11 is 7.79. The fraction of sp³-hybridized carbons (Fsp3) is 0.452. The minimum atomic E-state index is -1.03. The van der Waals surface area contributed by atoms with E-state index in [0.29, 0.717) is 42.6 Å². The lowest BCUT2D eigenvalue weighted by molar-refractivity contribution is -0.146. The van der Waals surface area contributed by atoms with Crippen molar-refractivity contribution in [3.05, 3.63) is 69.1 Å². The number of hydrogen-bond donors (Lipinski definition) is 0. The Kier molecular flexibility index (Phi) is 8.29. The van der Waals surface area contributed by atoms with Crippen molar-refractivity contribution in [2.45, 2.75) is 44.8 Å². The quantitative estimate of drug-likeness (QED) is 0.370. The molecule has 1 aromatic heterocycles. The third kappa shape index (κ3) is 6.21. The van der Waals surface area contributed by atoms with Gasteiger partial charge in [-0.2, -0.15) is 0 Å². The molecule has 0 radical (unpaired) electrons. The summed E-state index contributed by atoms with van der Waals surface area (Å²) in [5.41, 5.74) is 0.659. The molecule has 222 valence electrons. The molecule has 0 atom stereocenters. The number of halogens is 1. The minimum absolute atomic E-state index is 0.00804. The van der Waals surface area contributed by atoms with Gasteiger partial charge in [0.2, 0.25) is 6.79 Å². The molecular formula is C31H35ClN4O5S. The van der Waals surface area contributed by atoms with Gasteiger partial charge in [0.25, 0.3) is 11.8 Å². The molecule has 0 bridgehead atoms. The summed E-state index contributed by atoms with van der Waals surface area (Å²) in [6.45, 7) is 8.83. The zero-order chi connectivity index (χ0) is 29.3. The zero-order valence-corrected chi connectivity index (χ0v) is 25.5. The number of para-hydroxylation sites is 1. The molecule has 2 fully saturated rings. The number of aromatic nitrogens is 1. The Balaban J connectivity index is 0.982. The van der Waals surface area contributed by atoms with Crippen molar-refractivity contribution < 1.29 is 23.8 Å². The Labute approximate surface area is 254 Å². The molecule has 9 nitrogen and oxygen atoms in total.